The molecule has 3 aliphatic rings. The van der Waals surface area contributed by atoms with Gasteiger partial charge in [0, 0.05) is 11.5 Å². The molecule has 0 aromatic heterocycles. The predicted octanol–water partition coefficient (Wildman–Crippen LogP) is 11.2. The smallest absolute Gasteiger partial charge is 0.194 e. The Hall–Kier alpha value is -2.54. The van der Waals surface area contributed by atoms with Crippen LogP contribution in [0, 0.1) is 41.0 Å². The molecule has 0 amide bonds. The third-order valence-corrected chi connectivity index (χ3v) is 10.1. The van der Waals surface area contributed by atoms with Gasteiger partial charge in [0.25, 0.3) is 0 Å². The van der Waals surface area contributed by atoms with Gasteiger partial charge >= 0.3 is 0 Å². The zero-order valence-corrected chi connectivity index (χ0v) is 24.9. The van der Waals surface area contributed by atoms with Crippen LogP contribution >= 0.6 is 0 Å². The lowest BCUT2D eigenvalue weighted by Gasteiger charge is -2.32. The highest BCUT2D eigenvalue weighted by atomic mass is 19.2. The Morgan fingerprint density at radius 2 is 1.35 bits per heavy atom. The Bertz CT molecular complexity index is 1270. The molecule has 0 spiro atoms. The first kappa shape index (κ1) is 31.9. The summed E-state index contributed by atoms with van der Waals surface area (Å²) >= 11 is 0. The van der Waals surface area contributed by atoms with Crippen LogP contribution < -0.4 is 0 Å². The van der Waals surface area contributed by atoms with E-state index < -0.39 is 34.9 Å². The normalized spacial score (nSPS) is 29.1. The topological polar surface area (TPSA) is 9.23 Å². The van der Waals surface area contributed by atoms with E-state index in [1.165, 1.54) is 6.07 Å². The number of ether oxygens (including phenoxy) is 1. The first-order valence-electron chi connectivity index (χ1n) is 15.9. The van der Waals surface area contributed by atoms with Crippen LogP contribution in [0.2, 0.25) is 0 Å². The van der Waals surface area contributed by atoms with Gasteiger partial charge in [-0.15, -0.1) is 0 Å². The van der Waals surface area contributed by atoms with Crippen LogP contribution in [0.1, 0.15) is 112 Å². The molecule has 1 aliphatic heterocycles. The van der Waals surface area contributed by atoms with Crippen LogP contribution in [-0.4, -0.2) is 12.7 Å². The van der Waals surface area contributed by atoms with E-state index in [-0.39, 0.29) is 23.5 Å². The lowest BCUT2D eigenvalue weighted by Crippen LogP contribution is -2.26. The number of hydrogen-bond donors (Lipinski definition) is 0. The van der Waals surface area contributed by atoms with E-state index in [1.807, 2.05) is 0 Å². The van der Waals surface area contributed by atoms with Crippen molar-refractivity contribution < 1.29 is 31.1 Å². The highest BCUT2D eigenvalue weighted by Gasteiger charge is 2.27. The van der Waals surface area contributed by atoms with Gasteiger partial charge in [0.2, 0.25) is 0 Å². The van der Waals surface area contributed by atoms with E-state index in [1.54, 1.807) is 6.07 Å². The Labute approximate surface area is 251 Å². The quantitative estimate of drug-likeness (QED) is 0.165. The van der Waals surface area contributed by atoms with Gasteiger partial charge in [-0.2, -0.15) is 0 Å². The zero-order chi connectivity index (χ0) is 30.5. The minimum atomic E-state index is -1.40. The number of hydrogen-bond acceptors (Lipinski definition) is 1. The summed E-state index contributed by atoms with van der Waals surface area (Å²) in [7, 11) is 0. The molecule has 3 fully saturated rings. The maximum atomic E-state index is 14.7. The van der Waals surface area contributed by atoms with Gasteiger partial charge in [-0.05, 0) is 137 Å². The molecule has 0 N–H and O–H groups in total. The summed E-state index contributed by atoms with van der Waals surface area (Å²) in [4.78, 5) is 0. The molecule has 2 aliphatic carbocycles. The fourth-order valence-corrected chi connectivity index (χ4v) is 7.35. The van der Waals surface area contributed by atoms with Crippen LogP contribution in [0.4, 0.5) is 26.3 Å². The van der Waals surface area contributed by atoms with Crippen molar-refractivity contribution >= 4 is 5.83 Å². The SMILES string of the molecule is C/C(F)=C(\F)c1ccc(C2CCC(/C=C/C3CCC(CCC4CCC(c5cc(F)c(F)c(F)c5)CC4)OC3)CC2)c(F)c1. The molecule has 2 atom stereocenters. The molecule has 1 saturated heterocycles. The van der Waals surface area contributed by atoms with E-state index in [9.17, 15) is 26.3 Å². The fourth-order valence-electron chi connectivity index (χ4n) is 7.35. The van der Waals surface area contributed by atoms with Crippen molar-refractivity contribution in [3.8, 4) is 0 Å². The van der Waals surface area contributed by atoms with Crippen LogP contribution in [0.3, 0.4) is 0 Å². The molecule has 0 radical (unpaired) electrons. The third kappa shape index (κ3) is 8.14. The predicted molar refractivity (Wildman–Crippen MR) is 158 cm³/mol. The van der Waals surface area contributed by atoms with E-state index in [0.29, 0.717) is 28.9 Å². The number of rotatable bonds is 8. The number of allylic oxidation sites excluding steroid dienone is 2. The first-order valence-corrected chi connectivity index (χ1v) is 15.9. The monoisotopic (exact) mass is 604 g/mol. The van der Waals surface area contributed by atoms with Crippen LogP contribution in [-0.2, 0) is 4.74 Å². The van der Waals surface area contributed by atoms with Gasteiger partial charge < -0.3 is 4.74 Å². The van der Waals surface area contributed by atoms with Crippen molar-refractivity contribution in [2.24, 2.45) is 17.8 Å². The fraction of sp³-hybridized carbons (Fsp3) is 0.556. The van der Waals surface area contributed by atoms with Crippen molar-refractivity contribution in [3.63, 3.8) is 0 Å². The molecule has 43 heavy (non-hydrogen) atoms. The number of halogens is 6. The highest BCUT2D eigenvalue weighted by molar-refractivity contribution is 5.61. The summed E-state index contributed by atoms with van der Waals surface area (Å²) in [6.45, 7) is 1.75. The van der Waals surface area contributed by atoms with E-state index in [0.717, 1.165) is 109 Å². The van der Waals surface area contributed by atoms with Crippen LogP contribution in [0.15, 0.2) is 48.3 Å². The molecule has 2 saturated carbocycles. The molecule has 5 rings (SSSR count). The highest BCUT2D eigenvalue weighted by Crippen LogP contribution is 2.40. The second-order valence-electron chi connectivity index (χ2n) is 13.0. The first-order chi connectivity index (χ1) is 20.7. The standard InChI is InChI=1S/C36H42F6O/c1-22(37)35(41)28-14-17-31(32(38)18-28)27-12-6-23(7-13-27)2-3-25-9-16-30(43-21-25)15-8-24-4-10-26(11-5-24)29-19-33(39)36(42)34(40)20-29/h2-3,14,17-20,23-27,30H,4-13,15-16,21H2,1H3/b3-2+,35-22+. The average molecular weight is 605 g/mol. The second-order valence-corrected chi connectivity index (χ2v) is 13.0. The molecule has 0 bridgehead atoms. The lowest BCUT2D eigenvalue weighted by atomic mass is 9.76. The minimum Gasteiger partial charge on any atom is -0.378 e. The van der Waals surface area contributed by atoms with E-state index >= 15 is 0 Å². The number of benzene rings is 2. The van der Waals surface area contributed by atoms with E-state index in [2.05, 4.69) is 12.2 Å². The summed E-state index contributed by atoms with van der Waals surface area (Å²) in [6.07, 6.45) is 16.6. The molecule has 7 heteroatoms. The third-order valence-electron chi connectivity index (χ3n) is 10.1. The van der Waals surface area contributed by atoms with Crippen molar-refractivity contribution in [3.05, 3.63) is 88.3 Å². The average Bonchev–Trinajstić information content (AvgIpc) is 3.02. The maximum Gasteiger partial charge on any atom is 0.194 e. The Kier molecular flexibility index (Phi) is 10.7. The molecule has 2 unspecified atom stereocenters. The Morgan fingerprint density at radius 1 is 0.721 bits per heavy atom. The van der Waals surface area contributed by atoms with Crippen molar-refractivity contribution in [1.82, 2.24) is 0 Å². The van der Waals surface area contributed by atoms with Gasteiger partial charge in [-0.25, -0.2) is 26.3 Å². The van der Waals surface area contributed by atoms with Crippen LogP contribution in [0.25, 0.3) is 5.83 Å². The second kappa shape index (κ2) is 14.5. The van der Waals surface area contributed by atoms with Crippen molar-refractivity contribution in [1.29, 1.82) is 0 Å². The molecule has 2 aromatic carbocycles. The molecular weight excluding hydrogens is 562 g/mol. The lowest BCUT2D eigenvalue weighted by molar-refractivity contribution is -0.0122. The van der Waals surface area contributed by atoms with Gasteiger partial charge in [0.05, 0.1) is 12.7 Å². The van der Waals surface area contributed by atoms with Gasteiger partial charge in [0.1, 0.15) is 11.6 Å². The molecule has 1 nitrogen and oxygen atoms in total. The zero-order valence-electron chi connectivity index (χ0n) is 24.9. The summed E-state index contributed by atoms with van der Waals surface area (Å²) in [5.41, 5.74) is 1.10. The van der Waals surface area contributed by atoms with Crippen LogP contribution in [0.5, 0.6) is 0 Å². The summed E-state index contributed by atoms with van der Waals surface area (Å²) in [6, 6.07) is 6.47. The molecule has 234 valence electrons. The Morgan fingerprint density at radius 3 is 1.95 bits per heavy atom. The van der Waals surface area contributed by atoms with Gasteiger partial charge in [-0.3, -0.25) is 0 Å². The molecular formula is C36H42F6O. The maximum absolute atomic E-state index is 14.7. The largest absolute Gasteiger partial charge is 0.378 e. The molecule has 2 aromatic rings. The van der Waals surface area contributed by atoms with Crippen molar-refractivity contribution in [2.45, 2.75) is 102 Å². The van der Waals surface area contributed by atoms with Crippen molar-refractivity contribution in [2.75, 3.05) is 6.61 Å². The molecule has 1 heterocycles. The Balaban J connectivity index is 0.990. The van der Waals surface area contributed by atoms with Gasteiger partial charge in [0.15, 0.2) is 23.3 Å². The summed E-state index contributed by atoms with van der Waals surface area (Å²) in [5.74, 6) is -4.39. The van der Waals surface area contributed by atoms with E-state index in [4.69, 9.17) is 4.74 Å². The minimum absolute atomic E-state index is 0.0573. The summed E-state index contributed by atoms with van der Waals surface area (Å²) in [5, 5.41) is 0. The van der Waals surface area contributed by atoms with Gasteiger partial charge in [-0.1, -0.05) is 24.3 Å². The summed E-state index contributed by atoms with van der Waals surface area (Å²) < 4.78 is 88.5.